The second-order valence-electron chi connectivity index (χ2n) is 5.94. The summed E-state index contributed by atoms with van der Waals surface area (Å²) in [6.07, 6.45) is 3.42. The zero-order valence-electron chi connectivity index (χ0n) is 14.0. The van der Waals surface area contributed by atoms with Crippen molar-refractivity contribution in [1.82, 2.24) is 25.0 Å². The molecule has 0 bridgehead atoms. The molecule has 0 unspecified atom stereocenters. The Morgan fingerprint density at radius 2 is 2.15 bits per heavy atom. The Morgan fingerprint density at radius 1 is 1.31 bits per heavy atom. The lowest BCUT2D eigenvalue weighted by Gasteiger charge is -2.13. The average molecular weight is 387 g/mol. The van der Waals surface area contributed by atoms with Gasteiger partial charge in [-0.3, -0.25) is 4.79 Å². The number of benzene rings is 1. The molecule has 3 aromatic heterocycles. The maximum absolute atomic E-state index is 12.4. The monoisotopic (exact) mass is 386 g/mol. The van der Waals surface area contributed by atoms with E-state index >= 15 is 0 Å². The molecule has 1 atom stereocenters. The van der Waals surface area contributed by atoms with Crippen molar-refractivity contribution >= 4 is 39.0 Å². The molecule has 26 heavy (non-hydrogen) atoms. The highest BCUT2D eigenvalue weighted by Crippen LogP contribution is 2.26. The van der Waals surface area contributed by atoms with Gasteiger partial charge in [0.05, 0.1) is 24.1 Å². The number of H-pyrrole nitrogens is 1. The van der Waals surface area contributed by atoms with Gasteiger partial charge in [-0.2, -0.15) is 0 Å². The Balaban J connectivity index is 1.62. The zero-order valence-corrected chi connectivity index (χ0v) is 15.6. The summed E-state index contributed by atoms with van der Waals surface area (Å²) in [5.41, 5.74) is 2.17. The first-order chi connectivity index (χ1) is 12.5. The largest absolute Gasteiger partial charge is 0.355 e. The van der Waals surface area contributed by atoms with Crippen LogP contribution in [0.25, 0.3) is 15.9 Å². The van der Waals surface area contributed by atoms with Crippen LogP contribution >= 0.6 is 22.9 Å². The lowest BCUT2D eigenvalue weighted by molar-refractivity contribution is 0.795. The first-order valence-electron chi connectivity index (χ1n) is 7.94. The van der Waals surface area contributed by atoms with Crippen LogP contribution in [0.3, 0.4) is 0 Å². The number of aromatic nitrogens is 5. The highest BCUT2D eigenvalue weighted by Gasteiger charge is 2.14. The van der Waals surface area contributed by atoms with E-state index in [9.17, 15) is 4.79 Å². The second kappa shape index (κ2) is 6.54. The first kappa shape index (κ1) is 16.7. The summed E-state index contributed by atoms with van der Waals surface area (Å²) < 4.78 is 1.72. The van der Waals surface area contributed by atoms with Gasteiger partial charge in [0.25, 0.3) is 5.56 Å². The fourth-order valence-electron chi connectivity index (χ4n) is 2.71. The van der Waals surface area contributed by atoms with Crippen LogP contribution in [0.1, 0.15) is 24.2 Å². The summed E-state index contributed by atoms with van der Waals surface area (Å²) in [5, 5.41) is 14.3. The van der Waals surface area contributed by atoms with Gasteiger partial charge in [-0.1, -0.05) is 28.2 Å². The fraction of sp³-hybridized carbons (Fsp3) is 0.176. The number of halogens is 1. The molecule has 3 heterocycles. The molecule has 4 rings (SSSR count). The van der Waals surface area contributed by atoms with Crippen LogP contribution in [0.15, 0.2) is 41.5 Å². The Morgan fingerprint density at radius 3 is 2.92 bits per heavy atom. The molecule has 0 spiro atoms. The molecule has 0 aliphatic heterocycles. The standard InChI is InChI=1S/C17H15ClN6OS/c1-9-7-20-23-24(9)15-8-19-17(26-15)21-10(2)13-6-11-5-12(18)3-4-14(11)22-16(13)25/h3-8,10H,1-2H3,(H,19,21)(H,22,25)/t10-/m1/s1. The molecule has 0 radical (unpaired) electrons. The third-order valence-corrected chi connectivity index (χ3v) is 5.20. The molecule has 132 valence electrons. The Bertz CT molecular complexity index is 1150. The molecule has 1 aromatic carbocycles. The van der Waals surface area contributed by atoms with Gasteiger partial charge in [0, 0.05) is 21.5 Å². The van der Waals surface area contributed by atoms with Crippen LogP contribution in [-0.2, 0) is 0 Å². The van der Waals surface area contributed by atoms with E-state index in [1.807, 2.05) is 26.0 Å². The maximum Gasteiger partial charge on any atom is 0.253 e. The number of nitrogens with zero attached hydrogens (tertiary/aromatic N) is 4. The van der Waals surface area contributed by atoms with Crippen molar-refractivity contribution < 1.29 is 0 Å². The van der Waals surface area contributed by atoms with E-state index < -0.39 is 0 Å². The zero-order chi connectivity index (χ0) is 18.3. The highest BCUT2D eigenvalue weighted by atomic mass is 35.5. The van der Waals surface area contributed by atoms with Crippen molar-refractivity contribution in [2.45, 2.75) is 19.9 Å². The summed E-state index contributed by atoms with van der Waals surface area (Å²) in [6, 6.07) is 7.02. The molecule has 9 heteroatoms. The summed E-state index contributed by atoms with van der Waals surface area (Å²) in [5.74, 6) is 0. The minimum atomic E-state index is -0.224. The van der Waals surface area contributed by atoms with Crippen molar-refractivity contribution in [1.29, 1.82) is 0 Å². The number of hydrogen-bond donors (Lipinski definition) is 2. The third-order valence-electron chi connectivity index (χ3n) is 4.06. The van der Waals surface area contributed by atoms with Gasteiger partial charge < -0.3 is 10.3 Å². The van der Waals surface area contributed by atoms with Crippen molar-refractivity contribution in [2.75, 3.05) is 5.32 Å². The van der Waals surface area contributed by atoms with Crippen molar-refractivity contribution in [2.24, 2.45) is 0 Å². The summed E-state index contributed by atoms with van der Waals surface area (Å²) >= 11 is 7.50. The van der Waals surface area contributed by atoms with Crippen LogP contribution in [0.5, 0.6) is 0 Å². The number of aryl methyl sites for hydroxylation is 1. The number of aromatic amines is 1. The van der Waals surface area contributed by atoms with Gasteiger partial charge in [-0.05, 0) is 38.1 Å². The average Bonchev–Trinajstić information content (AvgIpc) is 3.23. The van der Waals surface area contributed by atoms with Crippen LogP contribution in [0.4, 0.5) is 5.13 Å². The molecule has 0 fully saturated rings. The molecule has 4 aromatic rings. The number of rotatable bonds is 4. The number of fused-ring (bicyclic) bond motifs is 1. The van der Waals surface area contributed by atoms with E-state index in [0.29, 0.717) is 15.7 Å². The van der Waals surface area contributed by atoms with E-state index in [1.165, 1.54) is 11.3 Å². The Kier molecular flexibility index (Phi) is 4.21. The smallest absolute Gasteiger partial charge is 0.253 e. The molecule has 0 saturated carbocycles. The molecule has 7 nitrogen and oxygen atoms in total. The fourth-order valence-corrected chi connectivity index (χ4v) is 3.81. The highest BCUT2D eigenvalue weighted by molar-refractivity contribution is 7.17. The summed E-state index contributed by atoms with van der Waals surface area (Å²) in [4.78, 5) is 19.7. The summed E-state index contributed by atoms with van der Waals surface area (Å²) in [6.45, 7) is 3.85. The lowest BCUT2D eigenvalue weighted by Crippen LogP contribution is -2.19. The number of thiazole rings is 1. The van der Waals surface area contributed by atoms with Gasteiger partial charge >= 0.3 is 0 Å². The third kappa shape index (κ3) is 3.09. The minimum Gasteiger partial charge on any atom is -0.355 e. The maximum atomic E-state index is 12.4. The summed E-state index contributed by atoms with van der Waals surface area (Å²) in [7, 11) is 0. The number of nitrogens with one attached hydrogen (secondary N) is 2. The Hall–Kier alpha value is -2.71. The van der Waals surface area contributed by atoms with Gasteiger partial charge in [-0.25, -0.2) is 9.67 Å². The van der Waals surface area contributed by atoms with E-state index in [4.69, 9.17) is 11.6 Å². The van der Waals surface area contributed by atoms with E-state index in [1.54, 1.807) is 29.2 Å². The van der Waals surface area contributed by atoms with E-state index in [0.717, 1.165) is 21.6 Å². The topological polar surface area (TPSA) is 88.5 Å². The van der Waals surface area contributed by atoms with Crippen molar-refractivity contribution in [3.05, 3.63) is 63.3 Å². The SMILES string of the molecule is Cc1cnnn1-c1cnc(N[C@H](C)c2cc3cc(Cl)ccc3[nH]c2=O)s1. The van der Waals surface area contributed by atoms with Crippen molar-refractivity contribution in [3.63, 3.8) is 0 Å². The van der Waals surface area contributed by atoms with E-state index in [-0.39, 0.29) is 11.6 Å². The lowest BCUT2D eigenvalue weighted by atomic mass is 10.1. The number of anilines is 1. The van der Waals surface area contributed by atoms with Crippen molar-refractivity contribution in [3.8, 4) is 5.00 Å². The normalized spacial score (nSPS) is 12.4. The number of hydrogen-bond acceptors (Lipinski definition) is 6. The molecule has 2 N–H and O–H groups in total. The van der Waals surface area contributed by atoms with Gasteiger partial charge in [-0.15, -0.1) is 5.10 Å². The molecule has 0 aliphatic carbocycles. The molecular formula is C17H15ClN6OS. The molecule has 0 saturated heterocycles. The van der Waals surface area contributed by atoms with Crippen LogP contribution in [0, 0.1) is 6.92 Å². The molecule has 0 amide bonds. The first-order valence-corrected chi connectivity index (χ1v) is 9.13. The van der Waals surface area contributed by atoms with E-state index in [2.05, 4.69) is 25.6 Å². The van der Waals surface area contributed by atoms with Gasteiger partial charge in [0.1, 0.15) is 5.00 Å². The van der Waals surface area contributed by atoms with Gasteiger partial charge in [0.2, 0.25) is 0 Å². The predicted molar refractivity (Wildman–Crippen MR) is 103 cm³/mol. The quantitative estimate of drug-likeness (QED) is 0.558. The predicted octanol–water partition coefficient (Wildman–Crippen LogP) is 3.70. The minimum absolute atomic E-state index is 0.135. The number of pyridine rings is 1. The molecule has 0 aliphatic rings. The van der Waals surface area contributed by atoms with Gasteiger partial charge in [0.15, 0.2) is 5.13 Å². The van der Waals surface area contributed by atoms with Crippen LogP contribution < -0.4 is 10.9 Å². The second-order valence-corrected chi connectivity index (χ2v) is 7.39. The van der Waals surface area contributed by atoms with Crippen LogP contribution in [-0.4, -0.2) is 25.0 Å². The Labute approximate surface area is 157 Å². The molecular weight excluding hydrogens is 372 g/mol. The van der Waals surface area contributed by atoms with Crippen LogP contribution in [0.2, 0.25) is 5.02 Å².